The van der Waals surface area contributed by atoms with E-state index in [0.717, 1.165) is 50.7 Å². The van der Waals surface area contributed by atoms with E-state index in [1.165, 1.54) is 5.56 Å². The maximum Gasteiger partial charge on any atom is 0.306 e. The minimum absolute atomic E-state index is 0.0662. The number of carboxylic acids is 1. The Morgan fingerprint density at radius 2 is 1.92 bits per heavy atom. The van der Waals surface area contributed by atoms with Gasteiger partial charge >= 0.3 is 5.97 Å². The van der Waals surface area contributed by atoms with Crippen LogP contribution in [-0.2, 0) is 4.79 Å². The maximum absolute atomic E-state index is 11.1. The summed E-state index contributed by atoms with van der Waals surface area (Å²) in [6, 6.07) is 8.37. The molecule has 0 saturated heterocycles. The summed E-state index contributed by atoms with van der Waals surface area (Å²) in [5.41, 5.74) is 1.19. The van der Waals surface area contributed by atoms with Crippen LogP contribution in [0.2, 0.25) is 0 Å². The number of ether oxygens (including phenoxy) is 2. The number of rotatable bonds is 5. The van der Waals surface area contributed by atoms with Crippen LogP contribution in [0.4, 0.5) is 0 Å². The average molecular weight is 343 g/mol. The molecule has 2 atom stereocenters. The number of hydrogen-bond donors (Lipinski definition) is 1. The quantitative estimate of drug-likeness (QED) is 0.870. The second-order valence-electron chi connectivity index (χ2n) is 7.18. The molecule has 0 heterocycles. The maximum atomic E-state index is 11.1. The van der Waals surface area contributed by atoms with Crippen molar-refractivity contribution in [3.63, 3.8) is 0 Å². The van der Waals surface area contributed by atoms with Gasteiger partial charge in [-0.3, -0.25) is 4.79 Å². The Morgan fingerprint density at radius 3 is 2.52 bits per heavy atom. The zero-order valence-corrected chi connectivity index (χ0v) is 14.6. The number of carboxylic acid groups (broad SMARTS) is 1. The Morgan fingerprint density at radius 1 is 1.16 bits per heavy atom. The van der Waals surface area contributed by atoms with E-state index < -0.39 is 5.97 Å². The Kier molecular flexibility index (Phi) is 5.47. The summed E-state index contributed by atoms with van der Waals surface area (Å²) in [6.07, 6.45) is 5.87. The van der Waals surface area contributed by atoms with Crippen molar-refractivity contribution in [3.05, 3.63) is 23.8 Å². The molecule has 2 fully saturated rings. The van der Waals surface area contributed by atoms with Crippen molar-refractivity contribution in [2.45, 2.75) is 57.0 Å². The lowest BCUT2D eigenvalue weighted by Crippen LogP contribution is -2.20. The summed E-state index contributed by atoms with van der Waals surface area (Å²) in [4.78, 5) is 11.1. The van der Waals surface area contributed by atoms with Gasteiger partial charge < -0.3 is 14.6 Å². The molecule has 0 radical (unpaired) electrons. The van der Waals surface area contributed by atoms with Gasteiger partial charge in [-0.1, -0.05) is 6.07 Å². The number of benzene rings is 1. The number of nitrogens with zero attached hydrogens (tertiary/aromatic N) is 1. The lowest BCUT2D eigenvalue weighted by molar-refractivity contribution is -0.142. The highest BCUT2D eigenvalue weighted by molar-refractivity contribution is 5.70. The zero-order chi connectivity index (χ0) is 17.8. The van der Waals surface area contributed by atoms with E-state index in [4.69, 9.17) is 19.8 Å². The van der Waals surface area contributed by atoms with Crippen LogP contribution in [0.1, 0.15) is 56.4 Å². The first kappa shape index (κ1) is 17.6. The molecule has 1 aromatic carbocycles. The fourth-order valence-electron chi connectivity index (χ4n) is 4.06. The van der Waals surface area contributed by atoms with Gasteiger partial charge in [-0.15, -0.1) is 0 Å². The Bertz CT molecular complexity index is 658. The molecule has 0 spiro atoms. The Hall–Kier alpha value is -2.22. The standard InChI is InChI=1S/C20H25NO4/c1-24-18-9-7-16(14-3-5-15(6-4-14)20(22)23)11-19(18)25-17-8-2-13(10-17)12-21/h7,9,11,13-15,17H,2-6,8,10H2,1H3,(H,22,23). The highest BCUT2D eigenvalue weighted by atomic mass is 16.5. The number of nitriles is 1. The molecule has 0 amide bonds. The van der Waals surface area contributed by atoms with Crippen molar-refractivity contribution in [1.29, 1.82) is 5.26 Å². The van der Waals surface area contributed by atoms with Crippen LogP contribution < -0.4 is 9.47 Å². The highest BCUT2D eigenvalue weighted by Crippen LogP contribution is 2.40. The largest absolute Gasteiger partial charge is 0.493 e. The van der Waals surface area contributed by atoms with Crippen molar-refractivity contribution in [2.75, 3.05) is 7.11 Å². The van der Waals surface area contributed by atoms with Crippen LogP contribution in [0.15, 0.2) is 18.2 Å². The van der Waals surface area contributed by atoms with Gasteiger partial charge in [0.15, 0.2) is 11.5 Å². The van der Waals surface area contributed by atoms with Gasteiger partial charge in [0.25, 0.3) is 0 Å². The highest BCUT2D eigenvalue weighted by Gasteiger charge is 2.29. The molecule has 0 bridgehead atoms. The van der Waals surface area contributed by atoms with Crippen LogP contribution in [0, 0.1) is 23.2 Å². The number of carbonyl (C=O) groups is 1. The van der Waals surface area contributed by atoms with Crippen LogP contribution in [0.25, 0.3) is 0 Å². The molecule has 0 aromatic heterocycles. The normalized spacial score (nSPS) is 29.0. The summed E-state index contributed by atoms with van der Waals surface area (Å²) in [5, 5.41) is 18.2. The van der Waals surface area contributed by atoms with Gasteiger partial charge in [-0.05, 0) is 62.1 Å². The van der Waals surface area contributed by atoms with E-state index in [-0.39, 0.29) is 17.9 Å². The Balaban J connectivity index is 1.70. The molecule has 25 heavy (non-hydrogen) atoms. The van der Waals surface area contributed by atoms with E-state index in [1.807, 2.05) is 12.1 Å². The van der Waals surface area contributed by atoms with E-state index in [2.05, 4.69) is 12.1 Å². The first-order chi connectivity index (χ1) is 12.1. The summed E-state index contributed by atoms with van der Waals surface area (Å²) in [5.74, 6) is 1.04. The van der Waals surface area contributed by atoms with E-state index >= 15 is 0 Å². The van der Waals surface area contributed by atoms with Gasteiger partial charge in [-0.2, -0.15) is 5.26 Å². The molecule has 2 aliphatic rings. The molecule has 1 N–H and O–H groups in total. The number of hydrogen-bond acceptors (Lipinski definition) is 4. The van der Waals surface area contributed by atoms with Crippen LogP contribution >= 0.6 is 0 Å². The molecule has 134 valence electrons. The third kappa shape index (κ3) is 4.07. The van der Waals surface area contributed by atoms with Crippen molar-refractivity contribution in [1.82, 2.24) is 0 Å². The summed E-state index contributed by atoms with van der Waals surface area (Å²) >= 11 is 0. The fourth-order valence-corrected chi connectivity index (χ4v) is 4.06. The lowest BCUT2D eigenvalue weighted by Gasteiger charge is -2.27. The molecular weight excluding hydrogens is 318 g/mol. The third-order valence-corrected chi connectivity index (χ3v) is 5.60. The van der Waals surface area contributed by atoms with Gasteiger partial charge in [-0.25, -0.2) is 0 Å². The van der Waals surface area contributed by atoms with Crippen molar-refractivity contribution in [2.24, 2.45) is 11.8 Å². The molecule has 0 aliphatic heterocycles. The molecule has 2 saturated carbocycles. The minimum Gasteiger partial charge on any atom is -0.493 e. The smallest absolute Gasteiger partial charge is 0.306 e. The first-order valence-corrected chi connectivity index (χ1v) is 9.07. The first-order valence-electron chi connectivity index (χ1n) is 9.07. The van der Waals surface area contributed by atoms with Gasteiger partial charge in [0.2, 0.25) is 0 Å². The van der Waals surface area contributed by atoms with Gasteiger partial charge in [0.1, 0.15) is 6.10 Å². The van der Waals surface area contributed by atoms with Crippen LogP contribution in [0.5, 0.6) is 11.5 Å². The van der Waals surface area contributed by atoms with E-state index in [1.54, 1.807) is 7.11 Å². The summed E-state index contributed by atoms with van der Waals surface area (Å²) in [6.45, 7) is 0. The van der Waals surface area contributed by atoms with Gasteiger partial charge in [0.05, 0.1) is 19.1 Å². The third-order valence-electron chi connectivity index (χ3n) is 5.60. The van der Waals surface area contributed by atoms with Gasteiger partial charge in [0, 0.05) is 12.3 Å². The predicted molar refractivity (Wildman–Crippen MR) is 92.7 cm³/mol. The molecule has 2 aliphatic carbocycles. The van der Waals surface area contributed by atoms with Crippen LogP contribution in [-0.4, -0.2) is 24.3 Å². The number of aliphatic carboxylic acids is 1. The minimum atomic E-state index is -0.675. The molecule has 5 heteroatoms. The lowest BCUT2D eigenvalue weighted by atomic mass is 9.78. The second kappa shape index (κ2) is 7.77. The van der Waals surface area contributed by atoms with E-state index in [9.17, 15) is 4.79 Å². The molecular formula is C20H25NO4. The SMILES string of the molecule is COc1ccc(C2CCC(C(=O)O)CC2)cc1OC1CCC(C#N)C1. The van der Waals surface area contributed by atoms with E-state index in [0.29, 0.717) is 11.7 Å². The summed E-state index contributed by atoms with van der Waals surface area (Å²) in [7, 11) is 1.63. The zero-order valence-electron chi connectivity index (χ0n) is 14.6. The Labute approximate surface area is 148 Å². The second-order valence-corrected chi connectivity index (χ2v) is 7.18. The molecule has 5 nitrogen and oxygen atoms in total. The average Bonchev–Trinajstić information content (AvgIpc) is 3.09. The predicted octanol–water partition coefficient (Wildman–Crippen LogP) is 4.12. The summed E-state index contributed by atoms with van der Waals surface area (Å²) < 4.78 is 11.6. The van der Waals surface area contributed by atoms with Crippen molar-refractivity contribution in [3.8, 4) is 17.6 Å². The van der Waals surface area contributed by atoms with Crippen molar-refractivity contribution >= 4 is 5.97 Å². The number of methoxy groups -OCH3 is 1. The molecule has 3 rings (SSSR count). The molecule has 2 unspecified atom stereocenters. The van der Waals surface area contributed by atoms with Crippen LogP contribution in [0.3, 0.4) is 0 Å². The van der Waals surface area contributed by atoms with Crippen molar-refractivity contribution < 1.29 is 19.4 Å². The fraction of sp³-hybridized carbons (Fsp3) is 0.600. The monoisotopic (exact) mass is 343 g/mol. The molecule has 1 aromatic rings. The topological polar surface area (TPSA) is 79.6 Å².